The second kappa shape index (κ2) is 30.9. The van der Waals surface area contributed by atoms with Crippen LogP contribution in [0.5, 0.6) is 0 Å². The van der Waals surface area contributed by atoms with Gasteiger partial charge in [-0.1, -0.05) is 232 Å². The highest BCUT2D eigenvalue weighted by Gasteiger charge is 2.54. The Kier molecular flexibility index (Phi) is 25.5. The van der Waals surface area contributed by atoms with E-state index in [2.05, 4.69) is 129 Å². The van der Waals surface area contributed by atoms with Gasteiger partial charge in [0.25, 0.3) is 11.8 Å². The van der Waals surface area contributed by atoms with Crippen LogP contribution in [0.4, 0.5) is 11.4 Å². The van der Waals surface area contributed by atoms with Gasteiger partial charge in [0.15, 0.2) is 0 Å². The van der Waals surface area contributed by atoms with Gasteiger partial charge in [-0.2, -0.15) is 0 Å². The van der Waals surface area contributed by atoms with Gasteiger partial charge in [0.2, 0.25) is 0 Å². The maximum atomic E-state index is 15.9. The monoisotopic (exact) mass is 1070 g/mol. The summed E-state index contributed by atoms with van der Waals surface area (Å²) in [6.45, 7) is 27.2. The fourth-order valence-electron chi connectivity index (χ4n) is 12.5. The molecule has 0 bridgehead atoms. The summed E-state index contributed by atoms with van der Waals surface area (Å²) >= 11 is 0. The van der Waals surface area contributed by atoms with Crippen LogP contribution >= 0.6 is 0 Å². The molecule has 4 aliphatic rings. The lowest BCUT2D eigenvalue weighted by atomic mass is 9.77. The number of fused-ring (bicyclic) bond motifs is 2. The van der Waals surface area contributed by atoms with Gasteiger partial charge in [0.1, 0.15) is 0 Å². The second-order valence-corrected chi connectivity index (χ2v) is 26.7. The molecular weight excluding hydrogens is 962 g/mol. The number of anilines is 2. The van der Waals surface area contributed by atoms with E-state index in [9.17, 15) is 0 Å². The van der Waals surface area contributed by atoms with Crippen molar-refractivity contribution in [2.45, 2.75) is 311 Å². The molecule has 10 heteroatoms. The van der Waals surface area contributed by atoms with E-state index in [1.807, 2.05) is 0 Å². The van der Waals surface area contributed by atoms with Crippen LogP contribution in [0.1, 0.15) is 300 Å². The van der Waals surface area contributed by atoms with Crippen molar-refractivity contribution >= 4 is 59.5 Å². The highest BCUT2D eigenvalue weighted by molar-refractivity contribution is 6.63. The van der Waals surface area contributed by atoms with E-state index in [1.54, 1.807) is 0 Å². The van der Waals surface area contributed by atoms with Gasteiger partial charge in [-0.25, -0.2) is 0 Å². The van der Waals surface area contributed by atoms with E-state index in [-0.39, 0.29) is 11.8 Å². The Bertz CT molecular complexity index is 2020. The zero-order valence-corrected chi connectivity index (χ0v) is 52.2. The molecule has 436 valence electrons. The molecule has 4 aliphatic heterocycles. The Morgan fingerprint density at radius 3 is 0.872 bits per heavy atom. The molecule has 2 aromatic rings. The Morgan fingerprint density at radius 1 is 0.372 bits per heavy atom. The van der Waals surface area contributed by atoms with Gasteiger partial charge >= 0.3 is 14.2 Å². The van der Waals surface area contributed by atoms with Crippen LogP contribution in [0, 0.1) is 11.8 Å². The maximum Gasteiger partial charge on any atom is 0.494 e. The average molecular weight is 1080 g/mol. The summed E-state index contributed by atoms with van der Waals surface area (Å²) < 4.78 is 26.7. The van der Waals surface area contributed by atoms with Crippen LogP contribution in [0.25, 0.3) is 11.1 Å². The molecule has 2 fully saturated rings. The lowest BCUT2D eigenvalue weighted by Gasteiger charge is -2.32. The van der Waals surface area contributed by atoms with Crippen molar-refractivity contribution in [1.82, 2.24) is 0 Å². The van der Waals surface area contributed by atoms with E-state index in [1.165, 1.54) is 180 Å². The van der Waals surface area contributed by atoms with E-state index in [0.29, 0.717) is 36.1 Å². The first kappa shape index (κ1) is 64.3. The van der Waals surface area contributed by atoms with Crippen LogP contribution in [0.2, 0.25) is 0 Å². The minimum Gasteiger partial charge on any atom is -0.399 e. The highest BCUT2D eigenvalue weighted by Crippen LogP contribution is 2.48. The van der Waals surface area contributed by atoms with Gasteiger partial charge in [0, 0.05) is 24.2 Å². The summed E-state index contributed by atoms with van der Waals surface area (Å²) in [5.41, 5.74) is 4.22. The van der Waals surface area contributed by atoms with Gasteiger partial charge in [-0.3, -0.25) is 9.59 Å². The minimum atomic E-state index is -0.576. The van der Waals surface area contributed by atoms with E-state index in [0.717, 1.165) is 59.1 Å². The molecule has 2 aromatic carbocycles. The number of carbonyl (C=O) groups excluding carboxylic acids is 2. The van der Waals surface area contributed by atoms with Crippen molar-refractivity contribution in [3.63, 3.8) is 0 Å². The largest absolute Gasteiger partial charge is 0.494 e. The van der Waals surface area contributed by atoms with Gasteiger partial charge < -0.3 is 28.4 Å². The number of rotatable bonds is 38. The quantitative estimate of drug-likeness (QED) is 0.0379. The summed E-state index contributed by atoms with van der Waals surface area (Å²) in [4.78, 5) is 35.9. The van der Waals surface area contributed by atoms with E-state index in [4.69, 9.17) is 18.6 Å². The van der Waals surface area contributed by atoms with Gasteiger partial charge in [-0.05, 0) is 116 Å². The number of nitrogens with zero attached hydrogens (tertiary/aromatic N) is 2. The number of unbranched alkanes of at least 4 members (excludes halogenated alkanes) is 24. The van der Waals surface area contributed by atoms with E-state index < -0.39 is 36.6 Å². The first-order chi connectivity index (χ1) is 37.4. The normalized spacial score (nSPS) is 19.9. The zero-order valence-electron chi connectivity index (χ0n) is 52.2. The SMILES string of the molecule is CCCCCCCCCCC(CCCCCCCC)CN1C(=O)/C(=C2/C(=O)N(CC(CCCCCCCC)CCCCCCCCCC)c3cc(B4OC(C)(C)C(C)(C)O4)ccc32)c2ccc(B3OC(C)(C)C(C)(C)O3)cc21. The molecule has 2 unspecified atom stereocenters. The zero-order chi connectivity index (χ0) is 56.4. The van der Waals surface area contributed by atoms with Crippen molar-refractivity contribution in [1.29, 1.82) is 0 Å². The van der Waals surface area contributed by atoms with Crippen LogP contribution in [0.3, 0.4) is 0 Å². The number of hydrogen-bond acceptors (Lipinski definition) is 6. The van der Waals surface area contributed by atoms with Crippen molar-refractivity contribution in [3.05, 3.63) is 47.5 Å². The Labute approximate surface area is 478 Å². The van der Waals surface area contributed by atoms with Crippen LogP contribution in [-0.2, 0) is 28.2 Å². The molecule has 78 heavy (non-hydrogen) atoms. The predicted octanol–water partition coefficient (Wildman–Crippen LogP) is 17.7. The lowest BCUT2D eigenvalue weighted by Crippen LogP contribution is -2.41. The molecule has 8 nitrogen and oxygen atoms in total. The maximum absolute atomic E-state index is 15.9. The lowest BCUT2D eigenvalue weighted by molar-refractivity contribution is -0.114. The fourth-order valence-corrected chi connectivity index (χ4v) is 12.5. The molecule has 2 saturated heterocycles. The average Bonchev–Trinajstić information content (AvgIpc) is 4.09. The molecular formula is C68H112B2N2O6. The Morgan fingerprint density at radius 2 is 0.615 bits per heavy atom. The standard InChI is InChI=1S/C68H112B2N2O6/c1-13-17-21-25-29-31-35-39-43-53(41-37-33-27-23-19-15-3)51-71-59-49-55(69-75-65(5,6)66(7,8)76-69)45-47-57(59)61(63(71)73)62-58-48-46-56(70-77-67(9,10)68(11,12)78-70)50-60(58)72(64(62)74)52-54(42-38-34-28-24-20-16-4)44-40-36-32-30-26-22-18-14-2/h45-50,53-54H,13-44,51-52H2,1-12H3/b62-61+. The fraction of sp³-hybridized carbons (Fsp3) is 0.765. The molecule has 0 aliphatic carbocycles. The number of carbonyl (C=O) groups is 2. The number of benzene rings is 2. The molecule has 0 N–H and O–H groups in total. The molecule has 4 heterocycles. The van der Waals surface area contributed by atoms with Crippen molar-refractivity contribution < 1.29 is 28.2 Å². The minimum absolute atomic E-state index is 0.0614. The molecule has 2 amide bonds. The number of hydrogen-bond donors (Lipinski definition) is 0. The molecule has 2 atom stereocenters. The van der Waals surface area contributed by atoms with Crippen LogP contribution in [-0.4, -0.2) is 61.5 Å². The van der Waals surface area contributed by atoms with Crippen molar-refractivity contribution in [2.75, 3.05) is 22.9 Å². The Hall–Kier alpha value is -2.91. The molecule has 0 aromatic heterocycles. The predicted molar refractivity (Wildman–Crippen MR) is 333 cm³/mol. The van der Waals surface area contributed by atoms with Crippen molar-refractivity contribution in [3.8, 4) is 0 Å². The topological polar surface area (TPSA) is 77.5 Å². The Balaban J connectivity index is 1.39. The molecule has 0 radical (unpaired) electrons. The number of amides is 2. The van der Waals surface area contributed by atoms with Gasteiger partial charge in [0.05, 0.1) is 44.9 Å². The summed E-state index contributed by atoms with van der Waals surface area (Å²) in [6.07, 6.45) is 39.9. The highest BCUT2D eigenvalue weighted by atomic mass is 16.7. The summed E-state index contributed by atoms with van der Waals surface area (Å²) in [6, 6.07) is 12.6. The smallest absolute Gasteiger partial charge is 0.399 e. The third kappa shape index (κ3) is 17.1. The third-order valence-electron chi connectivity index (χ3n) is 19.1. The first-order valence-corrected chi connectivity index (χ1v) is 32.8. The second-order valence-electron chi connectivity index (χ2n) is 26.7. The first-order valence-electron chi connectivity index (χ1n) is 32.8. The molecule has 6 rings (SSSR count). The molecule has 0 saturated carbocycles. The van der Waals surface area contributed by atoms with Crippen LogP contribution < -0.4 is 20.7 Å². The molecule has 0 spiro atoms. The summed E-state index contributed by atoms with van der Waals surface area (Å²) in [5.74, 6) is 0.576. The third-order valence-corrected chi connectivity index (χ3v) is 19.1. The van der Waals surface area contributed by atoms with Gasteiger partial charge in [-0.15, -0.1) is 0 Å². The van der Waals surface area contributed by atoms with Crippen molar-refractivity contribution in [2.24, 2.45) is 11.8 Å². The van der Waals surface area contributed by atoms with E-state index >= 15 is 9.59 Å². The van der Waals surface area contributed by atoms with Crippen LogP contribution in [0.15, 0.2) is 36.4 Å². The summed E-state index contributed by atoms with van der Waals surface area (Å²) in [5, 5.41) is 0. The summed E-state index contributed by atoms with van der Waals surface area (Å²) in [7, 11) is -1.15.